The van der Waals surface area contributed by atoms with Crippen LogP contribution in [0, 0.1) is 5.92 Å². The van der Waals surface area contributed by atoms with Crippen molar-refractivity contribution in [3.05, 3.63) is 34.3 Å². The summed E-state index contributed by atoms with van der Waals surface area (Å²) in [5, 5.41) is 0. The van der Waals surface area contributed by atoms with Gasteiger partial charge in [-0.25, -0.2) is 0 Å². The highest BCUT2D eigenvalue weighted by Gasteiger charge is 2.27. The van der Waals surface area contributed by atoms with Crippen LogP contribution in [0.25, 0.3) is 0 Å². The van der Waals surface area contributed by atoms with Crippen molar-refractivity contribution in [2.45, 2.75) is 12.6 Å². The number of rotatable bonds is 6. The van der Waals surface area contributed by atoms with Crippen molar-refractivity contribution in [2.75, 3.05) is 19.1 Å². The molecule has 1 unspecified atom stereocenters. The summed E-state index contributed by atoms with van der Waals surface area (Å²) in [5.41, 5.74) is 1.01. The molecule has 0 aliphatic carbocycles. The third kappa shape index (κ3) is 6.07. The number of hydrogen-bond acceptors (Lipinski definition) is 1. The molecule has 0 radical (unpaired) electrons. The molecule has 0 saturated heterocycles. The van der Waals surface area contributed by atoms with Gasteiger partial charge in [-0.05, 0) is 24.0 Å². The van der Waals surface area contributed by atoms with Gasteiger partial charge in [0.25, 0.3) is 0 Å². The molecule has 0 aliphatic rings. The topological polar surface area (TPSA) is 9.23 Å². The zero-order valence-electron chi connectivity index (χ0n) is 9.51. The van der Waals surface area contributed by atoms with Crippen LogP contribution in [0.3, 0.4) is 0 Å². The van der Waals surface area contributed by atoms with Crippen molar-refractivity contribution in [2.24, 2.45) is 5.92 Å². The van der Waals surface area contributed by atoms with Crippen LogP contribution in [0.15, 0.2) is 28.7 Å². The Bertz CT molecular complexity index is 371. The summed E-state index contributed by atoms with van der Waals surface area (Å²) in [5.74, 6) is 0.131. The lowest BCUT2D eigenvalue weighted by Crippen LogP contribution is -2.22. The van der Waals surface area contributed by atoms with E-state index in [1.807, 2.05) is 24.3 Å². The van der Waals surface area contributed by atoms with Crippen LogP contribution < -0.4 is 0 Å². The summed E-state index contributed by atoms with van der Waals surface area (Å²) in [4.78, 5) is 0. The molecule has 1 aromatic rings. The molecule has 1 atom stereocenters. The molecular weight excluding hydrogens is 332 g/mol. The summed E-state index contributed by atoms with van der Waals surface area (Å²) in [6.07, 6.45) is -3.70. The van der Waals surface area contributed by atoms with Gasteiger partial charge in [-0.2, -0.15) is 13.2 Å². The molecule has 0 heterocycles. The van der Waals surface area contributed by atoms with E-state index < -0.39 is 12.8 Å². The SMILES string of the molecule is FC(F)(F)COCC(CCl)Cc1ccccc1Br. The Hall–Kier alpha value is -0.260. The van der Waals surface area contributed by atoms with Crippen molar-refractivity contribution < 1.29 is 17.9 Å². The summed E-state index contributed by atoms with van der Waals surface area (Å²) in [6, 6.07) is 7.55. The lowest BCUT2D eigenvalue weighted by Gasteiger charge is -2.16. The summed E-state index contributed by atoms with van der Waals surface area (Å²) >= 11 is 9.13. The maximum atomic E-state index is 11.9. The lowest BCUT2D eigenvalue weighted by molar-refractivity contribution is -0.176. The molecule has 1 aromatic carbocycles. The second-order valence-electron chi connectivity index (χ2n) is 3.95. The van der Waals surface area contributed by atoms with Gasteiger partial charge in [0.15, 0.2) is 0 Å². The number of halogens is 5. The summed E-state index contributed by atoms with van der Waals surface area (Å²) in [6.45, 7) is -1.22. The maximum absolute atomic E-state index is 11.9. The van der Waals surface area contributed by atoms with Gasteiger partial charge in [0, 0.05) is 10.4 Å². The van der Waals surface area contributed by atoms with E-state index >= 15 is 0 Å². The van der Waals surface area contributed by atoms with Crippen LogP contribution in [-0.2, 0) is 11.2 Å². The summed E-state index contributed by atoms with van der Waals surface area (Å²) < 4.78 is 41.4. The number of hydrogen-bond donors (Lipinski definition) is 0. The number of benzene rings is 1. The Morgan fingerprint density at radius 1 is 1.28 bits per heavy atom. The molecule has 102 valence electrons. The number of alkyl halides is 4. The van der Waals surface area contributed by atoms with Gasteiger partial charge in [0.2, 0.25) is 0 Å². The highest BCUT2D eigenvalue weighted by Crippen LogP contribution is 2.21. The van der Waals surface area contributed by atoms with Gasteiger partial charge in [0.1, 0.15) is 6.61 Å². The van der Waals surface area contributed by atoms with Crippen molar-refractivity contribution in [3.8, 4) is 0 Å². The van der Waals surface area contributed by atoms with E-state index in [2.05, 4.69) is 20.7 Å². The molecule has 0 spiro atoms. The zero-order chi connectivity index (χ0) is 13.6. The molecule has 0 N–H and O–H groups in total. The first kappa shape index (κ1) is 15.8. The monoisotopic (exact) mass is 344 g/mol. The van der Waals surface area contributed by atoms with Gasteiger partial charge in [0.05, 0.1) is 6.61 Å². The average molecular weight is 346 g/mol. The van der Waals surface area contributed by atoms with Crippen LogP contribution in [0.2, 0.25) is 0 Å². The predicted octanol–water partition coefficient (Wildman–Crippen LogP) is 4.43. The largest absolute Gasteiger partial charge is 0.411 e. The molecule has 0 saturated carbocycles. The third-order valence-corrected chi connectivity index (χ3v) is 3.51. The second kappa shape index (κ2) is 7.36. The Balaban J connectivity index is 2.45. The molecule has 0 aromatic heterocycles. The smallest absolute Gasteiger partial charge is 0.372 e. The fourth-order valence-electron chi connectivity index (χ4n) is 1.47. The third-order valence-electron chi connectivity index (χ3n) is 2.30. The molecular formula is C12H13BrClF3O. The average Bonchev–Trinajstić information content (AvgIpc) is 2.29. The Kier molecular flexibility index (Phi) is 6.46. The van der Waals surface area contributed by atoms with Crippen molar-refractivity contribution >= 4 is 27.5 Å². The fraction of sp³-hybridized carbons (Fsp3) is 0.500. The Morgan fingerprint density at radius 3 is 2.50 bits per heavy atom. The minimum absolute atomic E-state index is 0.00431. The fourth-order valence-corrected chi connectivity index (χ4v) is 2.12. The van der Waals surface area contributed by atoms with E-state index in [1.54, 1.807) is 0 Å². The standard InChI is InChI=1S/C12H13BrClF3O/c13-11-4-2-1-3-10(11)5-9(6-14)7-18-8-12(15,16)17/h1-4,9H,5-8H2. The minimum Gasteiger partial charge on any atom is -0.372 e. The molecule has 0 aliphatic heterocycles. The van der Waals surface area contributed by atoms with Crippen molar-refractivity contribution in [1.29, 1.82) is 0 Å². The number of ether oxygens (including phenoxy) is 1. The first-order valence-corrected chi connectivity index (χ1v) is 6.69. The van der Waals surface area contributed by atoms with E-state index in [4.69, 9.17) is 11.6 Å². The predicted molar refractivity (Wildman–Crippen MR) is 68.9 cm³/mol. The molecule has 0 fully saturated rings. The van der Waals surface area contributed by atoms with Crippen LogP contribution in [0.1, 0.15) is 5.56 Å². The highest BCUT2D eigenvalue weighted by molar-refractivity contribution is 9.10. The molecule has 0 bridgehead atoms. The quantitative estimate of drug-likeness (QED) is 0.693. The first-order valence-electron chi connectivity index (χ1n) is 5.36. The van der Waals surface area contributed by atoms with Gasteiger partial charge in [-0.1, -0.05) is 34.1 Å². The molecule has 6 heteroatoms. The van der Waals surface area contributed by atoms with E-state index in [0.717, 1.165) is 10.0 Å². The first-order chi connectivity index (χ1) is 8.42. The lowest BCUT2D eigenvalue weighted by atomic mass is 10.0. The minimum atomic E-state index is -4.29. The van der Waals surface area contributed by atoms with Crippen LogP contribution in [0.4, 0.5) is 13.2 Å². The highest BCUT2D eigenvalue weighted by atomic mass is 79.9. The zero-order valence-corrected chi connectivity index (χ0v) is 11.9. The maximum Gasteiger partial charge on any atom is 0.411 e. The van der Waals surface area contributed by atoms with Crippen LogP contribution in [-0.4, -0.2) is 25.3 Å². The van der Waals surface area contributed by atoms with Crippen LogP contribution >= 0.6 is 27.5 Å². The molecule has 1 nitrogen and oxygen atoms in total. The van der Waals surface area contributed by atoms with E-state index in [0.29, 0.717) is 6.42 Å². The molecule has 1 rings (SSSR count). The van der Waals surface area contributed by atoms with Gasteiger partial charge < -0.3 is 4.74 Å². The van der Waals surface area contributed by atoms with Crippen molar-refractivity contribution in [3.63, 3.8) is 0 Å². The van der Waals surface area contributed by atoms with Gasteiger partial charge in [-0.3, -0.25) is 0 Å². The van der Waals surface area contributed by atoms with Crippen molar-refractivity contribution in [1.82, 2.24) is 0 Å². The second-order valence-corrected chi connectivity index (χ2v) is 5.11. The molecule has 18 heavy (non-hydrogen) atoms. The molecule has 0 amide bonds. The summed E-state index contributed by atoms with van der Waals surface area (Å²) in [7, 11) is 0. The van der Waals surface area contributed by atoms with E-state index in [9.17, 15) is 13.2 Å². The Morgan fingerprint density at radius 2 is 1.94 bits per heavy atom. The van der Waals surface area contributed by atoms with Crippen LogP contribution in [0.5, 0.6) is 0 Å². The van der Waals surface area contributed by atoms with E-state index in [-0.39, 0.29) is 18.4 Å². The van der Waals surface area contributed by atoms with E-state index in [1.165, 1.54) is 0 Å². The van der Waals surface area contributed by atoms with Gasteiger partial charge in [-0.15, -0.1) is 11.6 Å². The normalized spacial score (nSPS) is 13.6. The Labute approximate surface area is 117 Å². The van der Waals surface area contributed by atoms with Gasteiger partial charge >= 0.3 is 6.18 Å².